The summed E-state index contributed by atoms with van der Waals surface area (Å²) in [6.45, 7) is 3.94. The lowest BCUT2D eigenvalue weighted by Crippen LogP contribution is -2.37. The zero-order valence-electron chi connectivity index (χ0n) is 34.7. The summed E-state index contributed by atoms with van der Waals surface area (Å²) in [6, 6.07) is 9.44. The average molecular weight is 808 g/mol. The Bertz CT molecular complexity index is 1830. The van der Waals surface area contributed by atoms with Gasteiger partial charge in [0.05, 0.1) is 20.6 Å². The van der Waals surface area contributed by atoms with Gasteiger partial charge < -0.3 is 35.3 Å². The van der Waals surface area contributed by atoms with E-state index in [1.165, 1.54) is 44.6 Å². The van der Waals surface area contributed by atoms with Crippen LogP contribution in [0.4, 0.5) is 4.79 Å². The second-order valence-electron chi connectivity index (χ2n) is 13.0. The normalized spacial score (nSPS) is 12.1. The van der Waals surface area contributed by atoms with Gasteiger partial charge in [0, 0.05) is 32.6 Å². The number of ether oxygens (including phenoxy) is 3. The van der Waals surface area contributed by atoms with E-state index in [1.807, 2.05) is 6.08 Å². The third-order valence-electron chi connectivity index (χ3n) is 8.20. The molecule has 0 heterocycles. The summed E-state index contributed by atoms with van der Waals surface area (Å²) >= 11 is 0. The van der Waals surface area contributed by atoms with Gasteiger partial charge in [0.25, 0.3) is 0 Å². The number of hydrogen-bond acceptors (Lipinski definition) is 9. The molecule has 0 saturated carbocycles. The fraction of sp³-hybridized carbons (Fsp3) is 0.333. The minimum Gasteiger partial charge on any atom is -0.504 e. The Kier molecular flexibility index (Phi) is 26.4. The third-order valence-corrected chi connectivity index (χ3v) is 8.20. The number of hydrogen-bond donors (Lipinski definition) is 4. The SMILES string of the molecule is CCC=CCC=CCC=CCC=CCC=CCC=CCCC(=O)NCCNCCNC(=O)Oc1ccc(C=CC(=O)CC(=O)C=Cc2ccc(O)c(OC)c2)cc1OC. The number of nitrogens with one attached hydrogen (secondary N) is 3. The molecule has 0 spiro atoms. The molecule has 0 aliphatic heterocycles. The van der Waals surface area contributed by atoms with Crippen molar-refractivity contribution in [3.63, 3.8) is 0 Å². The molecule has 59 heavy (non-hydrogen) atoms. The van der Waals surface area contributed by atoms with Gasteiger partial charge in [-0.25, -0.2) is 4.79 Å². The molecule has 316 valence electrons. The predicted octanol–water partition coefficient (Wildman–Crippen LogP) is 8.94. The summed E-state index contributed by atoms with van der Waals surface area (Å²) in [5.74, 6) is -0.0500. The van der Waals surface area contributed by atoms with Crippen LogP contribution in [0.1, 0.15) is 75.8 Å². The Balaban J connectivity index is 1.53. The van der Waals surface area contributed by atoms with Crippen LogP contribution in [0.5, 0.6) is 23.0 Å². The zero-order valence-corrected chi connectivity index (χ0v) is 34.7. The first-order valence-electron chi connectivity index (χ1n) is 20.1. The van der Waals surface area contributed by atoms with Crippen LogP contribution in [0.2, 0.25) is 0 Å². The van der Waals surface area contributed by atoms with E-state index in [0.29, 0.717) is 50.1 Å². The molecule has 0 bridgehead atoms. The monoisotopic (exact) mass is 807 g/mol. The van der Waals surface area contributed by atoms with Crippen LogP contribution < -0.4 is 30.2 Å². The van der Waals surface area contributed by atoms with Gasteiger partial charge in [0.15, 0.2) is 34.6 Å². The van der Waals surface area contributed by atoms with E-state index in [0.717, 1.165) is 38.5 Å². The first kappa shape index (κ1) is 48.9. The number of rotatable bonds is 29. The summed E-state index contributed by atoms with van der Waals surface area (Å²) < 4.78 is 15.8. The first-order valence-corrected chi connectivity index (χ1v) is 20.1. The summed E-state index contributed by atoms with van der Waals surface area (Å²) in [5, 5.41) is 18.4. The van der Waals surface area contributed by atoms with E-state index in [2.05, 4.69) is 89.7 Å². The maximum atomic E-state index is 12.4. The van der Waals surface area contributed by atoms with Gasteiger partial charge in [0.1, 0.15) is 0 Å². The van der Waals surface area contributed by atoms with Gasteiger partial charge in [-0.1, -0.05) is 104 Å². The molecule has 0 aromatic heterocycles. The highest BCUT2D eigenvalue weighted by atomic mass is 16.6. The minimum atomic E-state index is -0.663. The highest BCUT2D eigenvalue weighted by Crippen LogP contribution is 2.29. The number of allylic oxidation sites excluding steroid dienone is 14. The molecule has 2 aromatic carbocycles. The number of methoxy groups -OCH3 is 2. The van der Waals surface area contributed by atoms with E-state index in [1.54, 1.807) is 30.3 Å². The van der Waals surface area contributed by atoms with Crippen molar-refractivity contribution in [2.24, 2.45) is 0 Å². The molecule has 2 aromatic rings. The van der Waals surface area contributed by atoms with Crippen molar-refractivity contribution in [3.05, 3.63) is 133 Å². The van der Waals surface area contributed by atoms with Gasteiger partial charge in [-0.15, -0.1) is 0 Å². The molecule has 0 unspecified atom stereocenters. The van der Waals surface area contributed by atoms with Crippen molar-refractivity contribution in [2.75, 3.05) is 40.4 Å². The number of aromatic hydroxyl groups is 1. The highest BCUT2D eigenvalue weighted by molar-refractivity contribution is 6.10. The minimum absolute atomic E-state index is 0.0114. The van der Waals surface area contributed by atoms with Crippen molar-refractivity contribution in [1.29, 1.82) is 0 Å². The van der Waals surface area contributed by atoms with Crippen molar-refractivity contribution < 1.29 is 38.5 Å². The maximum Gasteiger partial charge on any atom is 0.412 e. The van der Waals surface area contributed by atoms with Crippen LogP contribution in [-0.4, -0.2) is 69.1 Å². The molecule has 0 radical (unpaired) electrons. The molecule has 0 saturated heterocycles. The smallest absolute Gasteiger partial charge is 0.412 e. The lowest BCUT2D eigenvalue weighted by atomic mass is 10.1. The Hall–Kier alpha value is -6.20. The van der Waals surface area contributed by atoms with E-state index in [4.69, 9.17) is 14.2 Å². The molecule has 4 N–H and O–H groups in total. The van der Waals surface area contributed by atoms with Crippen LogP contribution in [0, 0.1) is 0 Å². The van der Waals surface area contributed by atoms with Crippen LogP contribution in [0.3, 0.4) is 0 Å². The van der Waals surface area contributed by atoms with Gasteiger partial charge in [-0.2, -0.15) is 0 Å². The van der Waals surface area contributed by atoms with Crippen LogP contribution in [0.25, 0.3) is 12.2 Å². The van der Waals surface area contributed by atoms with Crippen LogP contribution >= 0.6 is 0 Å². The number of carbonyl (C=O) groups excluding carboxylic acids is 4. The Morgan fingerprint density at radius 1 is 0.593 bits per heavy atom. The summed E-state index contributed by atoms with van der Waals surface area (Å²) in [4.78, 5) is 49.1. The molecule has 2 rings (SSSR count). The largest absolute Gasteiger partial charge is 0.504 e. The lowest BCUT2D eigenvalue weighted by molar-refractivity contribution is -0.122. The number of ketones is 2. The molecule has 11 nitrogen and oxygen atoms in total. The molecule has 11 heteroatoms. The Morgan fingerprint density at radius 3 is 1.63 bits per heavy atom. The van der Waals surface area contributed by atoms with Gasteiger partial charge >= 0.3 is 6.09 Å². The predicted molar refractivity (Wildman–Crippen MR) is 238 cm³/mol. The molecular formula is C48H61N3O8. The second kappa shape index (κ2) is 31.8. The summed E-state index contributed by atoms with van der Waals surface area (Å²) in [5.41, 5.74) is 1.24. The fourth-order valence-corrected chi connectivity index (χ4v) is 5.08. The fourth-order valence-electron chi connectivity index (χ4n) is 5.08. The zero-order chi connectivity index (χ0) is 42.8. The van der Waals surface area contributed by atoms with Crippen molar-refractivity contribution in [3.8, 4) is 23.0 Å². The number of carbonyl (C=O) groups is 4. The first-order chi connectivity index (χ1) is 28.7. The maximum absolute atomic E-state index is 12.4. The molecule has 0 aliphatic rings. The molecule has 2 amide bonds. The van der Waals surface area contributed by atoms with Gasteiger partial charge in [-0.05, 0) is 92.5 Å². The summed E-state index contributed by atoms with van der Waals surface area (Å²) in [6.07, 6.45) is 37.4. The molecule has 0 fully saturated rings. The van der Waals surface area contributed by atoms with Crippen LogP contribution in [0.15, 0.2) is 121 Å². The topological polar surface area (TPSA) is 152 Å². The number of phenolic OH excluding ortho intramolecular Hbond substituents is 1. The van der Waals surface area contributed by atoms with Gasteiger partial charge in [0.2, 0.25) is 5.91 Å². The number of phenols is 1. The Labute approximate surface area is 350 Å². The number of benzene rings is 2. The Morgan fingerprint density at radius 2 is 1.08 bits per heavy atom. The van der Waals surface area contributed by atoms with Gasteiger partial charge in [-0.3, -0.25) is 14.4 Å². The quantitative estimate of drug-likeness (QED) is 0.0273. The molecule has 0 atom stereocenters. The average Bonchev–Trinajstić information content (AvgIpc) is 3.23. The van der Waals surface area contributed by atoms with Crippen LogP contribution in [-0.2, 0) is 14.4 Å². The van der Waals surface area contributed by atoms with E-state index in [9.17, 15) is 24.3 Å². The third kappa shape index (κ3) is 24.2. The summed E-state index contributed by atoms with van der Waals surface area (Å²) in [7, 11) is 2.86. The molecule has 0 aliphatic carbocycles. The standard InChI is InChI=1S/C48H61N3O8/c1-4-5-6-7-8-9-10-11-12-13-14-15-16-17-18-19-20-21-22-23-47(55)50-34-32-49-33-35-51-48(56)59-44-31-27-40(37-46(44)58-3)25-29-42(53)38-41(52)28-24-39-26-30-43(54)45(36-39)57-2/h5-6,8-9,11-12,14-15,17-18,20-21,24-31,36-37,49,54H,4,7,10,13,16,19,22-23,32-35,38H2,1-3H3,(H,50,55)(H,51,56). The van der Waals surface area contributed by atoms with E-state index in [-0.39, 0.29) is 41.1 Å². The van der Waals surface area contributed by atoms with E-state index < -0.39 is 11.9 Å². The second-order valence-corrected chi connectivity index (χ2v) is 13.0. The van der Waals surface area contributed by atoms with Crippen molar-refractivity contribution >= 4 is 35.7 Å². The highest BCUT2D eigenvalue weighted by Gasteiger charge is 2.11. The van der Waals surface area contributed by atoms with Crippen molar-refractivity contribution in [2.45, 2.75) is 64.7 Å². The lowest BCUT2D eigenvalue weighted by Gasteiger charge is -2.11. The number of amides is 2. The molecular weight excluding hydrogens is 747 g/mol. The van der Waals surface area contributed by atoms with Crippen molar-refractivity contribution in [1.82, 2.24) is 16.0 Å². The van der Waals surface area contributed by atoms with E-state index >= 15 is 0 Å².